The minimum absolute atomic E-state index is 0.0288. The van der Waals surface area contributed by atoms with Crippen LogP contribution in [0.1, 0.15) is 21.6 Å². The molecule has 1 N–H and O–H groups in total. The molecule has 12 heteroatoms. The molecule has 0 aliphatic heterocycles. The molecule has 0 bridgehead atoms. The first-order chi connectivity index (χ1) is 15.0. The molecule has 0 saturated heterocycles. The number of anilines is 1. The van der Waals surface area contributed by atoms with Crippen molar-refractivity contribution in [2.75, 3.05) is 11.9 Å². The Labute approximate surface area is 182 Å². The topological polar surface area (TPSA) is 111 Å². The second-order valence-corrected chi connectivity index (χ2v) is 7.37. The number of nitro groups is 1. The highest BCUT2D eigenvalue weighted by atomic mass is 32.1. The number of rotatable bonds is 6. The molecule has 1 amide bonds. The van der Waals surface area contributed by atoms with Crippen LogP contribution in [0, 0.1) is 17.0 Å². The van der Waals surface area contributed by atoms with Crippen molar-refractivity contribution in [1.82, 2.24) is 4.98 Å². The molecule has 0 saturated carbocycles. The monoisotopic (exact) mass is 465 g/mol. The van der Waals surface area contributed by atoms with Crippen LogP contribution in [0.3, 0.4) is 0 Å². The van der Waals surface area contributed by atoms with Gasteiger partial charge in [-0.15, -0.1) is 11.3 Å². The molecular formula is C20H14F3N3O5S. The van der Waals surface area contributed by atoms with Crippen LogP contribution < -0.4 is 5.32 Å². The molecular weight excluding hydrogens is 451 g/mol. The number of esters is 1. The average molecular weight is 465 g/mol. The molecule has 0 aliphatic rings. The van der Waals surface area contributed by atoms with Crippen LogP contribution in [0.15, 0.2) is 47.8 Å². The smallest absolute Gasteiger partial charge is 0.416 e. The van der Waals surface area contributed by atoms with Gasteiger partial charge in [-0.3, -0.25) is 14.9 Å². The van der Waals surface area contributed by atoms with Crippen molar-refractivity contribution < 1.29 is 32.4 Å². The van der Waals surface area contributed by atoms with Gasteiger partial charge in [0.05, 0.1) is 10.5 Å². The van der Waals surface area contributed by atoms with Gasteiger partial charge < -0.3 is 10.1 Å². The van der Waals surface area contributed by atoms with Crippen LogP contribution in [0.25, 0.3) is 10.6 Å². The summed E-state index contributed by atoms with van der Waals surface area (Å²) < 4.78 is 43.1. The molecule has 0 aliphatic carbocycles. The summed E-state index contributed by atoms with van der Waals surface area (Å²) >= 11 is 1.20. The molecule has 1 aromatic heterocycles. The summed E-state index contributed by atoms with van der Waals surface area (Å²) in [6.45, 7) is 1.12. The van der Waals surface area contributed by atoms with E-state index in [2.05, 4.69) is 10.3 Å². The van der Waals surface area contributed by atoms with E-state index < -0.39 is 46.5 Å². The van der Waals surface area contributed by atoms with Gasteiger partial charge in [-0.2, -0.15) is 13.2 Å². The summed E-state index contributed by atoms with van der Waals surface area (Å²) in [5, 5.41) is 15.2. The van der Waals surface area contributed by atoms with Crippen molar-refractivity contribution in [1.29, 1.82) is 0 Å². The van der Waals surface area contributed by atoms with E-state index in [4.69, 9.17) is 4.74 Å². The molecule has 0 atom stereocenters. The number of amides is 1. The van der Waals surface area contributed by atoms with E-state index in [1.807, 2.05) is 31.2 Å². The molecule has 0 fully saturated rings. The number of nitrogens with one attached hydrogen (secondary N) is 1. The van der Waals surface area contributed by atoms with Crippen molar-refractivity contribution in [3.63, 3.8) is 0 Å². The highest BCUT2D eigenvalue weighted by molar-refractivity contribution is 7.13. The Hall–Kier alpha value is -3.80. The summed E-state index contributed by atoms with van der Waals surface area (Å²) in [4.78, 5) is 38.3. The number of nitrogens with zero attached hydrogens (tertiary/aromatic N) is 2. The number of alkyl halides is 3. The maximum absolute atomic E-state index is 12.8. The van der Waals surface area contributed by atoms with E-state index in [0.29, 0.717) is 17.1 Å². The average Bonchev–Trinajstić information content (AvgIpc) is 3.22. The highest BCUT2D eigenvalue weighted by Gasteiger charge is 2.33. The number of benzene rings is 2. The third kappa shape index (κ3) is 5.46. The number of aromatic nitrogens is 1. The zero-order chi connectivity index (χ0) is 23.5. The Balaban J connectivity index is 1.63. The summed E-state index contributed by atoms with van der Waals surface area (Å²) in [5.41, 5.74) is -0.808. The van der Waals surface area contributed by atoms with Gasteiger partial charge in [-0.1, -0.05) is 29.8 Å². The van der Waals surface area contributed by atoms with Gasteiger partial charge in [-0.05, 0) is 19.1 Å². The number of hydrogen-bond donors (Lipinski definition) is 1. The molecule has 8 nitrogen and oxygen atoms in total. The summed E-state index contributed by atoms with van der Waals surface area (Å²) in [5.74, 6) is -1.85. The van der Waals surface area contributed by atoms with Gasteiger partial charge in [0, 0.05) is 17.0 Å². The Morgan fingerprint density at radius 1 is 1.19 bits per heavy atom. The fourth-order valence-corrected chi connectivity index (χ4v) is 3.35. The van der Waals surface area contributed by atoms with Gasteiger partial charge in [0.25, 0.3) is 11.6 Å². The second-order valence-electron chi connectivity index (χ2n) is 6.52. The van der Waals surface area contributed by atoms with Crippen molar-refractivity contribution >= 4 is 34.6 Å². The maximum atomic E-state index is 12.8. The fraction of sp³-hybridized carbons (Fsp3) is 0.150. The lowest BCUT2D eigenvalue weighted by atomic mass is 10.1. The minimum Gasteiger partial charge on any atom is -0.451 e. The van der Waals surface area contributed by atoms with Crippen molar-refractivity contribution in [3.8, 4) is 10.6 Å². The van der Waals surface area contributed by atoms with Gasteiger partial charge >= 0.3 is 12.1 Å². The molecule has 1 heterocycles. The summed E-state index contributed by atoms with van der Waals surface area (Å²) in [7, 11) is 0. The van der Waals surface area contributed by atoms with Crippen molar-refractivity contribution in [2.24, 2.45) is 0 Å². The van der Waals surface area contributed by atoms with E-state index in [9.17, 15) is 32.9 Å². The normalized spacial score (nSPS) is 11.1. The zero-order valence-electron chi connectivity index (χ0n) is 16.3. The number of carbonyl (C=O) groups is 2. The van der Waals surface area contributed by atoms with Gasteiger partial charge in [0.2, 0.25) is 0 Å². The molecule has 166 valence electrons. The van der Waals surface area contributed by atoms with Crippen LogP contribution >= 0.6 is 11.3 Å². The molecule has 3 rings (SSSR count). The first kappa shape index (κ1) is 22.9. The predicted octanol–water partition coefficient (Wildman–Crippen LogP) is 4.84. The lowest BCUT2D eigenvalue weighted by Crippen LogP contribution is -2.21. The first-order valence-corrected chi connectivity index (χ1v) is 9.78. The van der Waals surface area contributed by atoms with Crippen LogP contribution in [-0.2, 0) is 15.7 Å². The summed E-state index contributed by atoms with van der Waals surface area (Å²) in [6.07, 6.45) is -4.78. The van der Waals surface area contributed by atoms with Crippen LogP contribution in [0.4, 0.5) is 24.5 Å². The molecule has 0 spiro atoms. The number of carbonyl (C=O) groups excluding carboxylic acids is 2. The van der Waals surface area contributed by atoms with Gasteiger partial charge in [-0.25, -0.2) is 9.78 Å². The van der Waals surface area contributed by atoms with Crippen LogP contribution in [-0.4, -0.2) is 28.4 Å². The molecule has 0 unspecified atom stereocenters. The Morgan fingerprint density at radius 2 is 1.88 bits per heavy atom. The largest absolute Gasteiger partial charge is 0.451 e. The summed E-state index contributed by atoms with van der Waals surface area (Å²) in [6, 6.07) is 9.12. The van der Waals surface area contributed by atoms with Crippen molar-refractivity contribution in [2.45, 2.75) is 13.1 Å². The van der Waals surface area contributed by atoms with E-state index in [1.165, 1.54) is 16.7 Å². The predicted molar refractivity (Wildman–Crippen MR) is 109 cm³/mol. The lowest BCUT2D eigenvalue weighted by Gasteiger charge is -2.10. The number of aryl methyl sites for hydroxylation is 1. The Kier molecular flexibility index (Phi) is 6.53. The van der Waals surface area contributed by atoms with E-state index >= 15 is 0 Å². The number of nitro benzene ring substituents is 1. The van der Waals surface area contributed by atoms with Crippen molar-refractivity contribution in [3.05, 3.63) is 74.8 Å². The standard InChI is InChI=1S/C20H14F3N3O5S/c1-11-2-4-12(5-3-11)18-25-15(10-32-18)19(28)31-9-17(27)24-14-7-6-13(20(21,22)23)8-16(14)26(29)30/h2-8,10H,9H2,1H3,(H,24,27). The third-order valence-corrected chi connectivity index (χ3v) is 5.03. The number of thiazole rings is 1. The zero-order valence-corrected chi connectivity index (χ0v) is 17.1. The molecule has 0 radical (unpaired) electrons. The molecule has 32 heavy (non-hydrogen) atoms. The number of hydrogen-bond acceptors (Lipinski definition) is 7. The fourth-order valence-electron chi connectivity index (χ4n) is 2.55. The van der Waals surface area contributed by atoms with E-state index in [-0.39, 0.29) is 5.69 Å². The number of halogens is 3. The minimum atomic E-state index is -4.78. The van der Waals surface area contributed by atoms with E-state index in [0.717, 1.165) is 17.2 Å². The second kappa shape index (κ2) is 9.14. The van der Waals surface area contributed by atoms with Gasteiger partial charge in [0.15, 0.2) is 12.3 Å². The Morgan fingerprint density at radius 3 is 2.50 bits per heavy atom. The molecule has 2 aromatic carbocycles. The number of ether oxygens (including phenoxy) is 1. The van der Waals surface area contributed by atoms with Gasteiger partial charge in [0.1, 0.15) is 10.7 Å². The van der Waals surface area contributed by atoms with E-state index in [1.54, 1.807) is 0 Å². The first-order valence-electron chi connectivity index (χ1n) is 8.90. The SMILES string of the molecule is Cc1ccc(-c2nc(C(=O)OCC(=O)Nc3ccc(C(F)(F)F)cc3[N+](=O)[O-])cs2)cc1. The lowest BCUT2D eigenvalue weighted by molar-refractivity contribution is -0.384. The molecule has 3 aromatic rings. The van der Waals surface area contributed by atoms with Crippen LogP contribution in [0.5, 0.6) is 0 Å². The van der Waals surface area contributed by atoms with Crippen LogP contribution in [0.2, 0.25) is 0 Å². The highest BCUT2D eigenvalue weighted by Crippen LogP contribution is 2.35. The third-order valence-electron chi connectivity index (χ3n) is 4.14. The Bertz CT molecular complexity index is 1180. The maximum Gasteiger partial charge on any atom is 0.416 e. The quantitative estimate of drug-likeness (QED) is 0.317.